The summed E-state index contributed by atoms with van der Waals surface area (Å²) in [6, 6.07) is 4.77. The Hall–Kier alpha value is -1.52. The van der Waals surface area contributed by atoms with E-state index in [0.717, 1.165) is 18.2 Å². The van der Waals surface area contributed by atoms with Crippen LogP contribution < -0.4 is 10.0 Å². The van der Waals surface area contributed by atoms with Gasteiger partial charge in [0, 0.05) is 5.02 Å². The molecule has 2 aromatic carbocycles. The second kappa shape index (κ2) is 8.46. The molecule has 5 nitrogen and oxygen atoms in total. The summed E-state index contributed by atoms with van der Waals surface area (Å²) in [7, 11) is -4.23. The van der Waals surface area contributed by atoms with Crippen LogP contribution in [0.2, 0.25) is 15.1 Å². The van der Waals surface area contributed by atoms with Crippen molar-refractivity contribution in [2.75, 3.05) is 5.32 Å². The molecule has 0 saturated heterocycles. The molecule has 0 heterocycles. The van der Waals surface area contributed by atoms with E-state index in [1.165, 1.54) is 19.1 Å². The van der Waals surface area contributed by atoms with Crippen LogP contribution in [-0.4, -0.2) is 20.4 Å². The molecule has 0 unspecified atom stereocenters. The Bertz CT molecular complexity index is 1010. The van der Waals surface area contributed by atoms with Gasteiger partial charge in [0.2, 0.25) is 15.9 Å². The molecule has 2 aromatic rings. The zero-order chi connectivity index (χ0) is 21.3. The molecule has 2 rings (SSSR count). The average molecular weight is 476 g/mol. The SMILES string of the molecule is C[C@H](NS(=O)(=O)c1cc(Cl)ccc1Cl)C(=O)Nc1cc(C(F)(F)F)ccc1Cl. The summed E-state index contributed by atoms with van der Waals surface area (Å²) in [5, 5.41) is 2.01. The van der Waals surface area contributed by atoms with Gasteiger partial charge in [-0.15, -0.1) is 0 Å². The molecule has 0 aliphatic rings. The lowest BCUT2D eigenvalue weighted by molar-refractivity contribution is -0.137. The van der Waals surface area contributed by atoms with Crippen molar-refractivity contribution in [3.63, 3.8) is 0 Å². The summed E-state index contributed by atoms with van der Waals surface area (Å²) >= 11 is 17.4. The largest absolute Gasteiger partial charge is 0.416 e. The minimum Gasteiger partial charge on any atom is -0.323 e. The van der Waals surface area contributed by atoms with E-state index in [1.807, 2.05) is 0 Å². The fourth-order valence-corrected chi connectivity index (χ4v) is 4.20. The Labute approximate surface area is 173 Å². The van der Waals surface area contributed by atoms with Crippen molar-refractivity contribution < 1.29 is 26.4 Å². The Morgan fingerprint density at radius 3 is 2.25 bits per heavy atom. The molecule has 0 spiro atoms. The molecule has 0 radical (unpaired) electrons. The van der Waals surface area contributed by atoms with Crippen molar-refractivity contribution in [1.82, 2.24) is 4.72 Å². The summed E-state index contributed by atoms with van der Waals surface area (Å²) in [6.07, 6.45) is -4.64. The highest BCUT2D eigenvalue weighted by Gasteiger charge is 2.31. The standard InChI is InChI=1S/C16H12Cl3F3N2O3S/c1-8(24-28(26,27)14-7-10(17)3-5-12(14)19)15(25)23-13-6-9(16(20,21)22)2-4-11(13)18/h2-8,24H,1H3,(H,23,25)/t8-/m0/s1. The van der Waals surface area contributed by atoms with Crippen LogP contribution >= 0.6 is 34.8 Å². The number of rotatable bonds is 5. The molecule has 28 heavy (non-hydrogen) atoms. The monoisotopic (exact) mass is 474 g/mol. The Morgan fingerprint density at radius 2 is 1.64 bits per heavy atom. The maximum atomic E-state index is 12.8. The molecule has 0 aliphatic heterocycles. The number of anilines is 1. The first-order valence-corrected chi connectivity index (χ1v) is 10.1. The van der Waals surface area contributed by atoms with E-state index in [-0.39, 0.29) is 25.7 Å². The van der Waals surface area contributed by atoms with Gasteiger partial charge in [0.1, 0.15) is 4.90 Å². The second-order valence-corrected chi connectivity index (χ2v) is 8.53. The van der Waals surface area contributed by atoms with Gasteiger partial charge in [-0.2, -0.15) is 17.9 Å². The topological polar surface area (TPSA) is 75.3 Å². The third-order valence-electron chi connectivity index (χ3n) is 3.46. The van der Waals surface area contributed by atoms with Crippen molar-refractivity contribution in [3.8, 4) is 0 Å². The summed E-state index contributed by atoms with van der Waals surface area (Å²) in [6.45, 7) is 1.20. The van der Waals surface area contributed by atoms with E-state index < -0.39 is 33.7 Å². The molecule has 1 amide bonds. The number of carbonyl (C=O) groups is 1. The lowest BCUT2D eigenvalue weighted by atomic mass is 10.2. The maximum absolute atomic E-state index is 12.8. The van der Waals surface area contributed by atoms with Crippen LogP contribution in [0.1, 0.15) is 12.5 Å². The van der Waals surface area contributed by atoms with E-state index in [1.54, 1.807) is 0 Å². The predicted molar refractivity (Wildman–Crippen MR) is 101 cm³/mol. The van der Waals surface area contributed by atoms with Crippen LogP contribution in [0.15, 0.2) is 41.3 Å². The number of nitrogens with one attached hydrogen (secondary N) is 2. The first kappa shape index (κ1) is 22.8. The number of halogens is 6. The number of sulfonamides is 1. The molecule has 0 fully saturated rings. The van der Waals surface area contributed by atoms with Crippen molar-refractivity contribution in [2.45, 2.75) is 24.0 Å². The second-order valence-electron chi connectivity index (χ2n) is 5.60. The zero-order valence-electron chi connectivity index (χ0n) is 13.9. The van der Waals surface area contributed by atoms with Gasteiger partial charge < -0.3 is 5.32 Å². The van der Waals surface area contributed by atoms with E-state index >= 15 is 0 Å². The Kier molecular flexibility index (Phi) is 6.88. The summed E-state index contributed by atoms with van der Waals surface area (Å²) in [5.74, 6) is -0.928. The summed E-state index contributed by atoms with van der Waals surface area (Å²) in [5.41, 5.74) is -1.33. The molecule has 2 N–H and O–H groups in total. The number of alkyl halides is 3. The van der Waals surface area contributed by atoms with E-state index in [0.29, 0.717) is 6.07 Å². The third-order valence-corrected chi connectivity index (χ3v) is 6.05. The Morgan fingerprint density at radius 1 is 1.04 bits per heavy atom. The van der Waals surface area contributed by atoms with Crippen LogP contribution in [0.4, 0.5) is 18.9 Å². The highest BCUT2D eigenvalue weighted by atomic mass is 35.5. The molecule has 0 saturated carbocycles. The van der Waals surface area contributed by atoms with Gasteiger partial charge in [-0.3, -0.25) is 4.79 Å². The molecular formula is C16H12Cl3F3N2O3S. The summed E-state index contributed by atoms with van der Waals surface area (Å²) < 4.78 is 65.3. The minimum absolute atomic E-state index is 0.109. The molecule has 0 aliphatic carbocycles. The van der Waals surface area contributed by atoms with Crippen LogP contribution in [0.5, 0.6) is 0 Å². The van der Waals surface area contributed by atoms with Gasteiger partial charge in [-0.1, -0.05) is 34.8 Å². The molecule has 152 valence electrons. The maximum Gasteiger partial charge on any atom is 0.416 e. The highest BCUT2D eigenvalue weighted by Crippen LogP contribution is 2.34. The van der Waals surface area contributed by atoms with Gasteiger partial charge in [-0.05, 0) is 43.3 Å². The van der Waals surface area contributed by atoms with Crippen LogP contribution in [-0.2, 0) is 21.0 Å². The van der Waals surface area contributed by atoms with Gasteiger partial charge in [0.05, 0.1) is 27.3 Å². The van der Waals surface area contributed by atoms with Crippen LogP contribution in [0, 0.1) is 0 Å². The van der Waals surface area contributed by atoms with Gasteiger partial charge in [-0.25, -0.2) is 8.42 Å². The number of carbonyl (C=O) groups excluding carboxylic acids is 1. The number of hydrogen-bond acceptors (Lipinski definition) is 3. The lowest BCUT2D eigenvalue weighted by Crippen LogP contribution is -2.41. The number of hydrogen-bond donors (Lipinski definition) is 2. The molecule has 1 atom stereocenters. The average Bonchev–Trinajstić information content (AvgIpc) is 2.57. The van der Waals surface area contributed by atoms with Gasteiger partial charge in [0.25, 0.3) is 0 Å². The van der Waals surface area contributed by atoms with Crippen molar-refractivity contribution in [2.24, 2.45) is 0 Å². The molecule has 0 bridgehead atoms. The van der Waals surface area contributed by atoms with Gasteiger partial charge in [0.15, 0.2) is 0 Å². The zero-order valence-corrected chi connectivity index (χ0v) is 17.0. The third kappa shape index (κ3) is 5.51. The first-order valence-electron chi connectivity index (χ1n) is 7.46. The highest BCUT2D eigenvalue weighted by molar-refractivity contribution is 7.89. The molecular weight excluding hydrogens is 464 g/mol. The number of benzene rings is 2. The molecule has 0 aromatic heterocycles. The lowest BCUT2D eigenvalue weighted by Gasteiger charge is -2.17. The van der Waals surface area contributed by atoms with Crippen molar-refractivity contribution >= 4 is 56.4 Å². The fraction of sp³-hybridized carbons (Fsp3) is 0.188. The minimum atomic E-state index is -4.64. The quantitative estimate of drug-likeness (QED) is 0.641. The van der Waals surface area contributed by atoms with E-state index in [4.69, 9.17) is 34.8 Å². The number of amides is 1. The van der Waals surface area contributed by atoms with Crippen LogP contribution in [0.25, 0.3) is 0 Å². The van der Waals surface area contributed by atoms with E-state index in [9.17, 15) is 26.4 Å². The first-order chi connectivity index (χ1) is 12.8. The van der Waals surface area contributed by atoms with Crippen molar-refractivity contribution in [1.29, 1.82) is 0 Å². The van der Waals surface area contributed by atoms with Gasteiger partial charge >= 0.3 is 6.18 Å². The predicted octanol–water partition coefficient (Wildman–Crippen LogP) is 4.97. The smallest absolute Gasteiger partial charge is 0.323 e. The van der Waals surface area contributed by atoms with Crippen molar-refractivity contribution in [3.05, 3.63) is 57.0 Å². The fourth-order valence-electron chi connectivity index (χ4n) is 2.07. The molecule has 12 heteroatoms. The normalized spacial score (nSPS) is 13.2. The van der Waals surface area contributed by atoms with Crippen LogP contribution in [0.3, 0.4) is 0 Å². The summed E-state index contributed by atoms with van der Waals surface area (Å²) in [4.78, 5) is 11.9. The Balaban J connectivity index is 2.21. The van der Waals surface area contributed by atoms with E-state index in [2.05, 4.69) is 10.0 Å².